The van der Waals surface area contributed by atoms with E-state index in [1.54, 1.807) is 38.0 Å². The molecule has 0 atom stereocenters. The van der Waals surface area contributed by atoms with Crippen molar-refractivity contribution in [3.8, 4) is 0 Å². The first-order valence-electron chi connectivity index (χ1n) is 6.35. The lowest BCUT2D eigenvalue weighted by molar-refractivity contribution is 0.198. The Labute approximate surface area is 109 Å². The first kappa shape index (κ1) is 14.6. The van der Waals surface area contributed by atoms with E-state index in [2.05, 4.69) is 10.6 Å². The van der Waals surface area contributed by atoms with Crippen LogP contribution < -0.4 is 10.6 Å². The van der Waals surface area contributed by atoms with Gasteiger partial charge in [0.25, 0.3) is 0 Å². The van der Waals surface area contributed by atoms with Gasteiger partial charge in [-0.1, -0.05) is 0 Å². The quantitative estimate of drug-likeness (QED) is 0.769. The first-order valence-corrected chi connectivity index (χ1v) is 6.35. The van der Waals surface area contributed by atoms with Crippen LogP contribution in [0.2, 0.25) is 0 Å². The van der Waals surface area contributed by atoms with Crippen molar-refractivity contribution in [1.82, 2.24) is 20.4 Å². The normalized spacial score (nSPS) is 23.1. The zero-order chi connectivity index (χ0) is 13.7. The zero-order valence-electron chi connectivity index (χ0n) is 11.7. The Bertz CT molecular complexity index is 266. The molecule has 0 heterocycles. The van der Waals surface area contributed by atoms with Gasteiger partial charge in [0.05, 0.1) is 0 Å². The summed E-state index contributed by atoms with van der Waals surface area (Å²) in [6.45, 7) is 0. The summed E-state index contributed by atoms with van der Waals surface area (Å²) in [5.41, 5.74) is 0. The zero-order valence-corrected chi connectivity index (χ0v) is 11.7. The molecule has 0 radical (unpaired) electrons. The van der Waals surface area contributed by atoms with Gasteiger partial charge in [0, 0.05) is 40.3 Å². The Hall–Kier alpha value is -1.46. The fraction of sp³-hybridized carbons (Fsp3) is 0.833. The minimum atomic E-state index is -0.0456. The van der Waals surface area contributed by atoms with E-state index in [1.807, 2.05) is 0 Å². The van der Waals surface area contributed by atoms with Crippen molar-refractivity contribution >= 4 is 12.1 Å². The molecule has 6 heteroatoms. The molecule has 1 saturated carbocycles. The Morgan fingerprint density at radius 3 is 1.28 bits per heavy atom. The van der Waals surface area contributed by atoms with Gasteiger partial charge in [-0.2, -0.15) is 0 Å². The molecule has 1 aliphatic rings. The van der Waals surface area contributed by atoms with E-state index in [-0.39, 0.29) is 24.1 Å². The van der Waals surface area contributed by atoms with Crippen LogP contribution in [0.4, 0.5) is 9.59 Å². The van der Waals surface area contributed by atoms with E-state index in [9.17, 15) is 9.59 Å². The van der Waals surface area contributed by atoms with Crippen LogP contribution in [-0.2, 0) is 0 Å². The van der Waals surface area contributed by atoms with Crippen LogP contribution in [0.3, 0.4) is 0 Å². The highest BCUT2D eigenvalue weighted by molar-refractivity contribution is 5.74. The Morgan fingerprint density at radius 1 is 0.778 bits per heavy atom. The molecule has 1 fully saturated rings. The van der Waals surface area contributed by atoms with Crippen molar-refractivity contribution in [2.24, 2.45) is 0 Å². The van der Waals surface area contributed by atoms with Crippen LogP contribution >= 0.6 is 0 Å². The summed E-state index contributed by atoms with van der Waals surface area (Å²) in [6.07, 6.45) is 3.66. The SMILES string of the molecule is CN(C)C(=O)NC1CCC(NC(=O)N(C)C)CC1. The van der Waals surface area contributed by atoms with Gasteiger partial charge in [0.1, 0.15) is 0 Å². The summed E-state index contributed by atoms with van der Waals surface area (Å²) in [4.78, 5) is 26.1. The summed E-state index contributed by atoms with van der Waals surface area (Å²) in [5.74, 6) is 0. The fourth-order valence-corrected chi connectivity index (χ4v) is 1.99. The molecule has 4 amide bonds. The number of nitrogens with zero attached hydrogens (tertiary/aromatic N) is 2. The third-order valence-electron chi connectivity index (χ3n) is 3.19. The third-order valence-corrected chi connectivity index (χ3v) is 3.19. The number of amides is 4. The summed E-state index contributed by atoms with van der Waals surface area (Å²) in [7, 11) is 6.94. The average Bonchev–Trinajstić information content (AvgIpc) is 2.31. The number of nitrogens with one attached hydrogen (secondary N) is 2. The topological polar surface area (TPSA) is 64.7 Å². The smallest absolute Gasteiger partial charge is 0.317 e. The van der Waals surface area contributed by atoms with Gasteiger partial charge in [-0.25, -0.2) is 9.59 Å². The van der Waals surface area contributed by atoms with Crippen molar-refractivity contribution in [1.29, 1.82) is 0 Å². The molecule has 6 nitrogen and oxygen atoms in total. The highest BCUT2D eigenvalue weighted by Gasteiger charge is 2.24. The maximum Gasteiger partial charge on any atom is 0.317 e. The maximum atomic E-state index is 11.5. The lowest BCUT2D eigenvalue weighted by Gasteiger charge is -2.31. The van der Waals surface area contributed by atoms with Gasteiger partial charge in [-0.3, -0.25) is 0 Å². The summed E-state index contributed by atoms with van der Waals surface area (Å²) in [6, 6.07) is 0.367. The molecule has 0 aliphatic heterocycles. The second-order valence-electron chi connectivity index (χ2n) is 5.24. The summed E-state index contributed by atoms with van der Waals surface area (Å²) in [5, 5.41) is 5.96. The van der Waals surface area contributed by atoms with Gasteiger partial charge in [0.2, 0.25) is 0 Å². The molecule has 0 unspecified atom stereocenters. The second kappa shape index (κ2) is 6.47. The van der Waals surface area contributed by atoms with Crippen molar-refractivity contribution in [2.45, 2.75) is 37.8 Å². The maximum absolute atomic E-state index is 11.5. The number of urea groups is 2. The lowest BCUT2D eigenvalue weighted by Crippen LogP contribution is -2.48. The predicted octanol–water partition coefficient (Wildman–Crippen LogP) is 0.840. The number of rotatable bonds is 2. The van der Waals surface area contributed by atoms with Gasteiger partial charge in [-0.15, -0.1) is 0 Å². The lowest BCUT2D eigenvalue weighted by atomic mass is 9.91. The van der Waals surface area contributed by atoms with Crippen molar-refractivity contribution in [3.63, 3.8) is 0 Å². The third kappa shape index (κ3) is 4.43. The molecule has 18 heavy (non-hydrogen) atoms. The van der Waals surface area contributed by atoms with E-state index in [4.69, 9.17) is 0 Å². The summed E-state index contributed by atoms with van der Waals surface area (Å²) >= 11 is 0. The van der Waals surface area contributed by atoms with Crippen LogP contribution in [0.1, 0.15) is 25.7 Å². The van der Waals surface area contributed by atoms with Crippen LogP contribution in [0.5, 0.6) is 0 Å². The molecule has 2 N–H and O–H groups in total. The monoisotopic (exact) mass is 256 g/mol. The van der Waals surface area contributed by atoms with Gasteiger partial charge < -0.3 is 20.4 Å². The largest absolute Gasteiger partial charge is 0.335 e. The molecule has 0 spiro atoms. The van der Waals surface area contributed by atoms with Crippen LogP contribution in [0.15, 0.2) is 0 Å². The number of carbonyl (C=O) groups is 2. The molecule has 0 bridgehead atoms. The van der Waals surface area contributed by atoms with Crippen LogP contribution in [-0.4, -0.2) is 62.1 Å². The molecule has 1 rings (SSSR count). The van der Waals surface area contributed by atoms with Crippen molar-refractivity contribution in [3.05, 3.63) is 0 Å². The molecular formula is C12H24N4O2. The highest BCUT2D eigenvalue weighted by atomic mass is 16.2. The first-order chi connectivity index (χ1) is 8.40. The van der Waals surface area contributed by atoms with Crippen molar-refractivity contribution in [2.75, 3.05) is 28.2 Å². The number of hydrogen-bond acceptors (Lipinski definition) is 2. The fourth-order valence-electron chi connectivity index (χ4n) is 1.99. The van der Waals surface area contributed by atoms with Gasteiger partial charge >= 0.3 is 12.1 Å². The Balaban J connectivity index is 2.28. The molecule has 1 aliphatic carbocycles. The molecule has 104 valence electrons. The number of hydrogen-bond donors (Lipinski definition) is 2. The standard InChI is InChI=1S/C12H24N4O2/c1-15(2)11(17)13-9-5-7-10(8-6-9)14-12(18)16(3)4/h9-10H,5-8H2,1-4H3,(H,13,17)(H,14,18). The van der Waals surface area contributed by atoms with Crippen LogP contribution in [0, 0.1) is 0 Å². The van der Waals surface area contributed by atoms with E-state index < -0.39 is 0 Å². The van der Waals surface area contributed by atoms with E-state index in [1.165, 1.54) is 0 Å². The molecule has 0 aromatic rings. The average molecular weight is 256 g/mol. The Kier molecular flexibility index (Phi) is 5.25. The minimum Gasteiger partial charge on any atom is -0.335 e. The number of carbonyl (C=O) groups excluding carboxylic acids is 2. The van der Waals surface area contributed by atoms with E-state index in [0.29, 0.717) is 0 Å². The van der Waals surface area contributed by atoms with Crippen molar-refractivity contribution < 1.29 is 9.59 Å². The molecular weight excluding hydrogens is 232 g/mol. The molecule has 0 aromatic carbocycles. The van der Waals surface area contributed by atoms with E-state index >= 15 is 0 Å². The van der Waals surface area contributed by atoms with Gasteiger partial charge in [0.15, 0.2) is 0 Å². The molecule has 0 saturated heterocycles. The Morgan fingerprint density at radius 2 is 1.06 bits per heavy atom. The predicted molar refractivity (Wildman–Crippen MR) is 70.5 cm³/mol. The van der Waals surface area contributed by atoms with E-state index in [0.717, 1.165) is 25.7 Å². The second-order valence-corrected chi connectivity index (χ2v) is 5.24. The van der Waals surface area contributed by atoms with Crippen LogP contribution in [0.25, 0.3) is 0 Å². The minimum absolute atomic E-state index is 0.0456. The highest BCUT2D eigenvalue weighted by Crippen LogP contribution is 2.18. The molecule has 0 aromatic heterocycles. The van der Waals surface area contributed by atoms with Gasteiger partial charge in [-0.05, 0) is 25.7 Å². The summed E-state index contributed by atoms with van der Waals surface area (Å²) < 4.78 is 0.